The van der Waals surface area contributed by atoms with E-state index in [2.05, 4.69) is 0 Å². The lowest BCUT2D eigenvalue weighted by molar-refractivity contribution is -0.143. The third-order valence-electron chi connectivity index (χ3n) is 5.52. The number of amides is 2. The number of carbonyl (C=O) groups is 2. The minimum Gasteiger partial charge on any atom is -0.339 e. The van der Waals surface area contributed by atoms with E-state index in [1.54, 1.807) is 0 Å². The molecule has 144 valence electrons. The van der Waals surface area contributed by atoms with Gasteiger partial charge in [-0.25, -0.2) is 0 Å². The van der Waals surface area contributed by atoms with Crippen LogP contribution >= 0.6 is 12.4 Å². The minimum atomic E-state index is -0.268. The molecule has 0 bridgehead atoms. The molecule has 0 aromatic heterocycles. The van der Waals surface area contributed by atoms with Crippen LogP contribution in [0.15, 0.2) is 30.3 Å². The predicted molar refractivity (Wildman–Crippen MR) is 105 cm³/mol. The number of hydrogen-bond acceptors (Lipinski definition) is 3. The molecule has 2 amide bonds. The van der Waals surface area contributed by atoms with Crippen molar-refractivity contribution in [2.45, 2.75) is 44.6 Å². The van der Waals surface area contributed by atoms with Gasteiger partial charge < -0.3 is 15.5 Å². The number of piperazine rings is 1. The van der Waals surface area contributed by atoms with Crippen LogP contribution in [0.3, 0.4) is 0 Å². The highest BCUT2D eigenvalue weighted by atomic mass is 35.5. The normalized spacial score (nSPS) is 19.6. The van der Waals surface area contributed by atoms with E-state index in [0.717, 1.165) is 18.4 Å². The van der Waals surface area contributed by atoms with Gasteiger partial charge in [0.25, 0.3) is 0 Å². The van der Waals surface area contributed by atoms with Crippen LogP contribution < -0.4 is 5.73 Å². The largest absolute Gasteiger partial charge is 0.339 e. The number of nitrogens with zero attached hydrogens (tertiary/aromatic N) is 2. The number of rotatable bonds is 4. The Kier molecular flexibility index (Phi) is 7.91. The molecule has 2 aliphatic rings. The van der Waals surface area contributed by atoms with Gasteiger partial charge in [0.2, 0.25) is 11.8 Å². The monoisotopic (exact) mass is 379 g/mol. The van der Waals surface area contributed by atoms with Gasteiger partial charge in [-0.2, -0.15) is 0 Å². The minimum absolute atomic E-state index is 0. The van der Waals surface area contributed by atoms with E-state index in [0.29, 0.717) is 38.5 Å². The summed E-state index contributed by atoms with van der Waals surface area (Å²) >= 11 is 0. The van der Waals surface area contributed by atoms with Gasteiger partial charge in [-0.1, -0.05) is 49.6 Å². The Hall–Kier alpha value is -1.59. The Bertz CT molecular complexity index is 582. The number of hydrogen-bond donors (Lipinski definition) is 1. The van der Waals surface area contributed by atoms with Crippen molar-refractivity contribution in [3.63, 3.8) is 0 Å². The molecule has 1 aromatic carbocycles. The third kappa shape index (κ3) is 5.21. The Morgan fingerprint density at radius 2 is 1.54 bits per heavy atom. The van der Waals surface area contributed by atoms with Gasteiger partial charge in [0.05, 0.1) is 0 Å². The highest BCUT2D eigenvalue weighted by Gasteiger charge is 2.30. The first kappa shape index (κ1) is 20.7. The molecule has 0 radical (unpaired) electrons. The summed E-state index contributed by atoms with van der Waals surface area (Å²) in [4.78, 5) is 28.9. The van der Waals surface area contributed by atoms with Gasteiger partial charge in [-0.15, -0.1) is 12.4 Å². The second kappa shape index (κ2) is 9.93. The number of nitrogens with two attached hydrogens (primary N) is 1. The van der Waals surface area contributed by atoms with E-state index in [4.69, 9.17) is 5.73 Å². The van der Waals surface area contributed by atoms with Crippen molar-refractivity contribution in [2.75, 3.05) is 26.2 Å². The van der Waals surface area contributed by atoms with E-state index in [9.17, 15) is 9.59 Å². The molecule has 1 unspecified atom stereocenters. The highest BCUT2D eigenvalue weighted by molar-refractivity contribution is 5.85. The molecule has 26 heavy (non-hydrogen) atoms. The smallest absolute Gasteiger partial charge is 0.225 e. The van der Waals surface area contributed by atoms with Gasteiger partial charge >= 0.3 is 0 Å². The fourth-order valence-electron chi connectivity index (χ4n) is 3.92. The summed E-state index contributed by atoms with van der Waals surface area (Å²) in [6, 6.07) is 9.47. The third-order valence-corrected chi connectivity index (χ3v) is 5.52. The summed E-state index contributed by atoms with van der Waals surface area (Å²) < 4.78 is 0. The van der Waals surface area contributed by atoms with E-state index in [1.807, 2.05) is 40.1 Å². The summed E-state index contributed by atoms with van der Waals surface area (Å²) in [5.41, 5.74) is 7.15. The Morgan fingerprint density at radius 3 is 2.15 bits per heavy atom. The van der Waals surface area contributed by atoms with Gasteiger partial charge in [-0.05, 0) is 18.4 Å². The molecule has 1 aliphatic heterocycles. The van der Waals surface area contributed by atoms with Crippen molar-refractivity contribution < 1.29 is 9.59 Å². The highest BCUT2D eigenvalue weighted by Crippen LogP contribution is 2.26. The molecule has 1 saturated carbocycles. The van der Waals surface area contributed by atoms with Crippen LogP contribution in [0.2, 0.25) is 0 Å². The molecular weight excluding hydrogens is 350 g/mol. The molecule has 1 aromatic rings. The van der Waals surface area contributed by atoms with Crippen LogP contribution in [0.5, 0.6) is 0 Å². The zero-order valence-electron chi connectivity index (χ0n) is 15.3. The first-order valence-corrected chi connectivity index (χ1v) is 9.52. The lowest BCUT2D eigenvalue weighted by Crippen LogP contribution is -2.52. The summed E-state index contributed by atoms with van der Waals surface area (Å²) in [5.74, 6) is 0.594. The molecule has 3 rings (SSSR count). The molecule has 1 aliphatic carbocycles. The molecular formula is C20H30ClN3O2. The van der Waals surface area contributed by atoms with E-state index >= 15 is 0 Å². The van der Waals surface area contributed by atoms with Crippen molar-refractivity contribution in [2.24, 2.45) is 11.7 Å². The fraction of sp³-hybridized carbons (Fsp3) is 0.600. The quantitative estimate of drug-likeness (QED) is 0.874. The van der Waals surface area contributed by atoms with Crippen LogP contribution in [-0.2, 0) is 9.59 Å². The second-order valence-corrected chi connectivity index (χ2v) is 7.26. The number of halogens is 1. The molecule has 1 saturated heterocycles. The lowest BCUT2D eigenvalue weighted by Gasteiger charge is -2.37. The molecule has 5 nitrogen and oxygen atoms in total. The zero-order valence-corrected chi connectivity index (χ0v) is 16.1. The van der Waals surface area contributed by atoms with Gasteiger partial charge in [-0.3, -0.25) is 9.59 Å². The lowest BCUT2D eigenvalue weighted by atomic mass is 9.88. The Morgan fingerprint density at radius 1 is 0.962 bits per heavy atom. The molecule has 1 atom stereocenters. The summed E-state index contributed by atoms with van der Waals surface area (Å²) in [6.45, 7) is 2.56. The van der Waals surface area contributed by atoms with Crippen LogP contribution in [0.1, 0.15) is 50.1 Å². The SMILES string of the molecule is Cl.NC(CC(=O)N1CCN(C(=O)C2CCCCC2)CC1)c1ccccc1. The topological polar surface area (TPSA) is 66.6 Å². The number of carbonyl (C=O) groups excluding carboxylic acids is 2. The van der Waals surface area contributed by atoms with Crippen molar-refractivity contribution >= 4 is 24.2 Å². The van der Waals surface area contributed by atoms with Crippen LogP contribution in [0.4, 0.5) is 0 Å². The first-order chi connectivity index (χ1) is 12.1. The molecule has 2 fully saturated rings. The van der Waals surface area contributed by atoms with Crippen molar-refractivity contribution in [1.29, 1.82) is 0 Å². The second-order valence-electron chi connectivity index (χ2n) is 7.26. The van der Waals surface area contributed by atoms with Gasteiger partial charge in [0.15, 0.2) is 0 Å². The molecule has 2 N–H and O–H groups in total. The first-order valence-electron chi connectivity index (χ1n) is 9.52. The maximum atomic E-state index is 12.6. The Labute approximate surface area is 162 Å². The maximum absolute atomic E-state index is 12.6. The van der Waals surface area contributed by atoms with E-state index < -0.39 is 0 Å². The van der Waals surface area contributed by atoms with E-state index in [-0.39, 0.29) is 30.3 Å². The van der Waals surface area contributed by atoms with Gasteiger partial charge in [0.1, 0.15) is 0 Å². The van der Waals surface area contributed by atoms with Crippen LogP contribution in [0.25, 0.3) is 0 Å². The van der Waals surface area contributed by atoms with Crippen molar-refractivity contribution in [1.82, 2.24) is 9.80 Å². The average Bonchev–Trinajstić information content (AvgIpc) is 2.69. The van der Waals surface area contributed by atoms with Crippen molar-refractivity contribution in [3.05, 3.63) is 35.9 Å². The summed E-state index contributed by atoms with van der Waals surface area (Å²) in [5, 5.41) is 0. The van der Waals surface area contributed by atoms with E-state index in [1.165, 1.54) is 19.3 Å². The maximum Gasteiger partial charge on any atom is 0.225 e. The average molecular weight is 380 g/mol. The summed E-state index contributed by atoms with van der Waals surface area (Å²) in [6.07, 6.45) is 5.99. The standard InChI is InChI=1S/C20H29N3O2.ClH/c21-18(16-7-3-1-4-8-16)15-19(24)22-11-13-23(14-12-22)20(25)17-9-5-2-6-10-17;/h1,3-4,7-8,17-18H,2,5-6,9-15,21H2;1H. The Balaban J connectivity index is 0.00000243. The number of benzene rings is 1. The fourth-order valence-corrected chi connectivity index (χ4v) is 3.92. The van der Waals surface area contributed by atoms with Crippen LogP contribution in [-0.4, -0.2) is 47.8 Å². The van der Waals surface area contributed by atoms with Gasteiger partial charge in [0, 0.05) is 44.6 Å². The predicted octanol–water partition coefficient (Wildman–Crippen LogP) is 2.75. The molecule has 1 heterocycles. The molecule has 6 heteroatoms. The summed E-state index contributed by atoms with van der Waals surface area (Å²) in [7, 11) is 0. The van der Waals surface area contributed by atoms with Crippen molar-refractivity contribution in [3.8, 4) is 0 Å². The van der Waals surface area contributed by atoms with Crippen LogP contribution in [0, 0.1) is 5.92 Å². The zero-order chi connectivity index (χ0) is 17.6. The molecule has 0 spiro atoms.